The van der Waals surface area contributed by atoms with E-state index in [0.717, 1.165) is 0 Å². The van der Waals surface area contributed by atoms with Gasteiger partial charge in [-0.25, -0.2) is 0 Å². The number of H-pyrrole nitrogens is 1. The van der Waals surface area contributed by atoms with Crippen LogP contribution in [0, 0.1) is 5.41 Å². The van der Waals surface area contributed by atoms with Crippen molar-refractivity contribution in [3.05, 3.63) is 63.1 Å². The van der Waals surface area contributed by atoms with Crippen molar-refractivity contribution >= 4 is 11.7 Å². The molecule has 1 aromatic heterocycles. The summed E-state index contributed by atoms with van der Waals surface area (Å²) >= 11 is 0. The number of amides is 1. The molecular formula is C21H22F2N2O4. The molecule has 2 aromatic rings. The minimum atomic E-state index is -2.91. The van der Waals surface area contributed by atoms with Crippen LogP contribution in [0.15, 0.2) is 35.1 Å². The van der Waals surface area contributed by atoms with Crippen LogP contribution in [0.4, 0.5) is 8.78 Å². The van der Waals surface area contributed by atoms with Crippen LogP contribution in [-0.2, 0) is 13.0 Å². The molecule has 1 amide bonds. The first kappa shape index (κ1) is 20.7. The summed E-state index contributed by atoms with van der Waals surface area (Å²) in [6.45, 7) is 1.16. The molecule has 0 saturated heterocycles. The molecule has 0 saturated carbocycles. The number of ketones is 1. The lowest BCUT2D eigenvalue weighted by Gasteiger charge is -2.30. The number of hydrogen-bond acceptors (Lipinski definition) is 4. The number of carbonyl (C=O) groups is 2. The molecule has 0 fully saturated rings. The average molecular weight is 404 g/mol. The smallest absolute Gasteiger partial charge is 0.387 e. The van der Waals surface area contributed by atoms with Gasteiger partial charge >= 0.3 is 6.61 Å². The molecule has 0 atom stereocenters. The number of aromatic nitrogens is 1. The maximum absolute atomic E-state index is 12.8. The van der Waals surface area contributed by atoms with Crippen LogP contribution < -0.4 is 10.3 Å². The van der Waals surface area contributed by atoms with E-state index >= 15 is 0 Å². The van der Waals surface area contributed by atoms with Crippen LogP contribution >= 0.6 is 0 Å². The lowest BCUT2D eigenvalue weighted by Crippen LogP contribution is -2.35. The molecule has 1 aliphatic carbocycles. The third-order valence-electron chi connectivity index (χ3n) is 4.86. The van der Waals surface area contributed by atoms with Crippen LogP contribution in [0.25, 0.3) is 0 Å². The number of rotatable bonds is 5. The fourth-order valence-corrected chi connectivity index (χ4v) is 3.51. The number of alkyl halides is 2. The van der Waals surface area contributed by atoms with Crippen molar-refractivity contribution in [2.45, 2.75) is 39.8 Å². The molecule has 3 rings (SSSR count). The van der Waals surface area contributed by atoms with Gasteiger partial charge in [-0.15, -0.1) is 0 Å². The fourth-order valence-electron chi connectivity index (χ4n) is 3.51. The van der Waals surface area contributed by atoms with Gasteiger partial charge in [-0.2, -0.15) is 8.78 Å². The van der Waals surface area contributed by atoms with E-state index in [1.807, 2.05) is 13.8 Å². The predicted octanol–water partition coefficient (Wildman–Crippen LogP) is 3.40. The molecule has 1 aromatic carbocycles. The van der Waals surface area contributed by atoms with Gasteiger partial charge < -0.3 is 14.6 Å². The van der Waals surface area contributed by atoms with Gasteiger partial charge in [0.25, 0.3) is 11.5 Å². The van der Waals surface area contributed by atoms with Crippen LogP contribution in [-0.4, -0.2) is 35.2 Å². The van der Waals surface area contributed by atoms with E-state index in [0.29, 0.717) is 29.7 Å². The average Bonchev–Trinajstić information content (AvgIpc) is 2.61. The number of nitrogens with one attached hydrogen (secondary N) is 1. The lowest BCUT2D eigenvalue weighted by atomic mass is 9.75. The molecule has 8 heteroatoms. The molecule has 1 N–H and O–H groups in total. The minimum Gasteiger partial charge on any atom is -0.435 e. The van der Waals surface area contributed by atoms with Crippen LogP contribution in [0.1, 0.15) is 52.2 Å². The monoisotopic (exact) mass is 404 g/mol. The molecule has 1 heterocycles. The normalized spacial score (nSPS) is 15.2. The first-order valence-corrected chi connectivity index (χ1v) is 9.14. The Kier molecular flexibility index (Phi) is 5.55. The summed E-state index contributed by atoms with van der Waals surface area (Å²) in [6.07, 6.45) is 0.906. The zero-order chi connectivity index (χ0) is 21.3. The van der Waals surface area contributed by atoms with E-state index < -0.39 is 18.1 Å². The number of carbonyl (C=O) groups excluding carboxylic acids is 2. The SMILES string of the molecule is CN(Cc1ccc(OC(F)F)cc1)C(=O)c1cc2c([nH]c1=O)CC(C)(C)CC2=O. The summed E-state index contributed by atoms with van der Waals surface area (Å²) in [5, 5.41) is 0. The molecule has 154 valence electrons. The van der Waals surface area contributed by atoms with E-state index in [1.54, 1.807) is 12.1 Å². The molecule has 6 nitrogen and oxygen atoms in total. The molecule has 0 aliphatic heterocycles. The fraction of sp³-hybridized carbons (Fsp3) is 0.381. The Balaban J connectivity index is 1.79. The quantitative estimate of drug-likeness (QED) is 0.828. The second kappa shape index (κ2) is 7.77. The van der Waals surface area contributed by atoms with Gasteiger partial charge in [-0.1, -0.05) is 26.0 Å². The third kappa shape index (κ3) is 4.70. The number of hydrogen-bond donors (Lipinski definition) is 1. The maximum atomic E-state index is 12.8. The second-order valence-electron chi connectivity index (χ2n) is 8.03. The highest BCUT2D eigenvalue weighted by molar-refractivity contribution is 6.02. The summed E-state index contributed by atoms with van der Waals surface area (Å²) in [4.78, 5) is 41.7. The third-order valence-corrected chi connectivity index (χ3v) is 4.86. The molecule has 0 spiro atoms. The van der Waals surface area contributed by atoms with Gasteiger partial charge in [0.15, 0.2) is 5.78 Å². The molecule has 1 aliphatic rings. The molecular weight excluding hydrogens is 382 g/mol. The number of aromatic amines is 1. The van der Waals surface area contributed by atoms with E-state index in [9.17, 15) is 23.2 Å². The van der Waals surface area contributed by atoms with Crippen molar-refractivity contribution in [1.29, 1.82) is 0 Å². The van der Waals surface area contributed by atoms with E-state index in [1.165, 1.54) is 30.1 Å². The van der Waals surface area contributed by atoms with Crippen molar-refractivity contribution in [1.82, 2.24) is 9.88 Å². The Bertz CT molecular complexity index is 997. The highest BCUT2D eigenvalue weighted by Gasteiger charge is 2.33. The number of pyridine rings is 1. The number of halogens is 2. The molecule has 0 unspecified atom stereocenters. The minimum absolute atomic E-state index is 0.0188. The summed E-state index contributed by atoms with van der Waals surface area (Å²) in [5.41, 5.74) is 0.743. The Hall–Kier alpha value is -3.03. The Morgan fingerprint density at radius 3 is 2.48 bits per heavy atom. The van der Waals surface area contributed by atoms with Crippen LogP contribution in [0.5, 0.6) is 5.75 Å². The van der Waals surface area contributed by atoms with Gasteiger partial charge in [-0.3, -0.25) is 14.4 Å². The lowest BCUT2D eigenvalue weighted by molar-refractivity contribution is -0.0498. The summed E-state index contributed by atoms with van der Waals surface area (Å²) < 4.78 is 28.7. The zero-order valence-corrected chi connectivity index (χ0v) is 16.4. The Morgan fingerprint density at radius 1 is 1.21 bits per heavy atom. The summed E-state index contributed by atoms with van der Waals surface area (Å²) in [7, 11) is 1.52. The number of Topliss-reactive ketones (excluding diaryl/α,β-unsaturated/α-hetero) is 1. The van der Waals surface area contributed by atoms with E-state index in [2.05, 4.69) is 9.72 Å². The van der Waals surface area contributed by atoms with Crippen LogP contribution in [0.3, 0.4) is 0 Å². The topological polar surface area (TPSA) is 79.5 Å². The summed E-state index contributed by atoms with van der Waals surface area (Å²) in [5.74, 6) is -0.608. The molecule has 0 radical (unpaired) electrons. The second-order valence-corrected chi connectivity index (χ2v) is 8.03. The van der Waals surface area contributed by atoms with Gasteiger partial charge in [0, 0.05) is 31.3 Å². The highest BCUT2D eigenvalue weighted by Crippen LogP contribution is 2.33. The predicted molar refractivity (Wildman–Crippen MR) is 102 cm³/mol. The van der Waals surface area contributed by atoms with Gasteiger partial charge in [0.1, 0.15) is 11.3 Å². The van der Waals surface area contributed by atoms with E-state index in [-0.39, 0.29) is 29.1 Å². The number of ether oxygens (including phenoxy) is 1. The van der Waals surface area contributed by atoms with Crippen molar-refractivity contribution < 1.29 is 23.1 Å². The maximum Gasteiger partial charge on any atom is 0.387 e. The van der Waals surface area contributed by atoms with Gasteiger partial charge in [-0.05, 0) is 35.6 Å². The molecule has 29 heavy (non-hydrogen) atoms. The molecule has 0 bridgehead atoms. The van der Waals surface area contributed by atoms with Gasteiger partial charge in [0.2, 0.25) is 0 Å². The van der Waals surface area contributed by atoms with Crippen molar-refractivity contribution in [2.75, 3.05) is 7.05 Å². The van der Waals surface area contributed by atoms with Crippen molar-refractivity contribution in [3.8, 4) is 5.75 Å². The van der Waals surface area contributed by atoms with E-state index in [4.69, 9.17) is 0 Å². The number of fused-ring (bicyclic) bond motifs is 1. The first-order chi connectivity index (χ1) is 13.6. The van der Waals surface area contributed by atoms with Gasteiger partial charge in [0.05, 0.1) is 0 Å². The highest BCUT2D eigenvalue weighted by atomic mass is 19.3. The van der Waals surface area contributed by atoms with Crippen LogP contribution in [0.2, 0.25) is 0 Å². The number of benzene rings is 1. The number of nitrogens with zero attached hydrogens (tertiary/aromatic N) is 1. The summed E-state index contributed by atoms with van der Waals surface area (Å²) in [6, 6.07) is 7.26. The van der Waals surface area contributed by atoms with Crippen molar-refractivity contribution in [2.24, 2.45) is 5.41 Å². The Labute approximate surface area is 166 Å². The van der Waals surface area contributed by atoms with Crippen molar-refractivity contribution in [3.63, 3.8) is 0 Å². The first-order valence-electron chi connectivity index (χ1n) is 9.14. The largest absolute Gasteiger partial charge is 0.435 e. The Morgan fingerprint density at radius 2 is 1.86 bits per heavy atom. The zero-order valence-electron chi connectivity index (χ0n) is 16.4. The standard InChI is InChI=1S/C21H22F2N2O4/c1-21(2)9-16-14(17(26)10-21)8-15(18(27)24-16)19(28)25(3)11-12-4-6-13(7-5-12)29-20(22)23/h4-8,20H,9-11H2,1-3H3,(H,24,27).